The van der Waals surface area contributed by atoms with Crippen molar-refractivity contribution < 1.29 is 14.7 Å². The first kappa shape index (κ1) is 18.2. The summed E-state index contributed by atoms with van der Waals surface area (Å²) in [5, 5.41) is 15.0. The smallest absolute Gasteiger partial charge is 0.341 e. The molecule has 1 amide bonds. The first-order chi connectivity index (χ1) is 10.5. The van der Waals surface area contributed by atoms with Crippen molar-refractivity contribution in [3.63, 3.8) is 0 Å². The van der Waals surface area contributed by atoms with E-state index in [2.05, 4.69) is 17.6 Å². The lowest BCUT2D eigenvalue weighted by atomic mass is 9.99. The second-order valence-electron chi connectivity index (χ2n) is 5.62. The Balaban J connectivity index is 2.64. The number of carboxylic acids is 1. The van der Waals surface area contributed by atoms with Crippen LogP contribution in [0, 0.1) is 0 Å². The first-order valence-corrected chi connectivity index (χ1v) is 7.79. The average Bonchev–Trinajstić information content (AvgIpc) is 2.45. The van der Waals surface area contributed by atoms with Crippen molar-refractivity contribution in [2.24, 2.45) is 0 Å². The number of hydrogen-bond acceptors (Lipinski definition) is 3. The minimum Gasteiger partial charge on any atom is -0.477 e. The first-order valence-electron chi connectivity index (χ1n) is 7.79. The quantitative estimate of drug-likeness (QED) is 0.474. The summed E-state index contributed by atoms with van der Waals surface area (Å²) < 4.78 is 0. The highest BCUT2D eigenvalue weighted by Crippen LogP contribution is 2.15. The minimum atomic E-state index is -1.20. The normalized spacial score (nSPS) is 20.8. The summed E-state index contributed by atoms with van der Waals surface area (Å²) in [6.07, 6.45) is 8.91. The van der Waals surface area contributed by atoms with Gasteiger partial charge in [-0.3, -0.25) is 4.79 Å². The third-order valence-electron chi connectivity index (χ3n) is 3.55. The number of carboxylic acid groups (broad SMARTS) is 1. The molecule has 1 aliphatic rings. The number of allylic oxidation sites excluding steroid dienone is 2. The maximum Gasteiger partial charge on any atom is 0.341 e. The third kappa shape index (κ3) is 5.85. The molecule has 0 aromatic heterocycles. The van der Waals surface area contributed by atoms with Gasteiger partial charge in [-0.05, 0) is 38.5 Å². The van der Waals surface area contributed by atoms with Gasteiger partial charge in [-0.25, -0.2) is 4.79 Å². The van der Waals surface area contributed by atoms with Crippen LogP contribution in [-0.4, -0.2) is 36.1 Å². The number of aliphatic carboxylic acids is 1. The number of unbranched alkanes of at least 4 members (excludes halogenated alkanes) is 2. The van der Waals surface area contributed by atoms with Gasteiger partial charge in [-0.2, -0.15) is 0 Å². The van der Waals surface area contributed by atoms with Crippen LogP contribution in [-0.2, 0) is 9.59 Å². The largest absolute Gasteiger partial charge is 0.477 e. The number of amides is 1. The van der Waals surface area contributed by atoms with Crippen molar-refractivity contribution >= 4 is 11.9 Å². The van der Waals surface area contributed by atoms with Gasteiger partial charge in [-0.1, -0.05) is 37.5 Å². The molecule has 0 bridgehead atoms. The van der Waals surface area contributed by atoms with Gasteiger partial charge in [0.15, 0.2) is 0 Å². The second-order valence-corrected chi connectivity index (χ2v) is 5.62. The highest BCUT2D eigenvalue weighted by atomic mass is 16.4. The Kier molecular flexibility index (Phi) is 7.60. The lowest BCUT2D eigenvalue weighted by Gasteiger charge is -2.20. The van der Waals surface area contributed by atoms with Gasteiger partial charge in [0, 0.05) is 6.54 Å². The predicted molar refractivity (Wildman–Crippen MR) is 87.6 cm³/mol. The van der Waals surface area contributed by atoms with Crippen molar-refractivity contribution in [1.82, 2.24) is 10.6 Å². The summed E-state index contributed by atoms with van der Waals surface area (Å²) in [7, 11) is 0. The maximum absolute atomic E-state index is 11.5. The van der Waals surface area contributed by atoms with Crippen LogP contribution in [0.2, 0.25) is 0 Å². The zero-order valence-electron chi connectivity index (χ0n) is 13.6. The number of carbonyl (C=O) groups is 2. The molecule has 1 aliphatic heterocycles. The van der Waals surface area contributed by atoms with E-state index in [1.165, 1.54) is 30.9 Å². The summed E-state index contributed by atoms with van der Waals surface area (Å²) in [4.78, 5) is 22.5. The van der Waals surface area contributed by atoms with E-state index in [1.807, 2.05) is 26.0 Å². The Morgan fingerprint density at radius 2 is 2.18 bits per heavy atom. The Hall–Kier alpha value is -1.88. The van der Waals surface area contributed by atoms with Crippen molar-refractivity contribution in [3.8, 4) is 0 Å². The molecule has 3 N–H and O–H groups in total. The zero-order valence-corrected chi connectivity index (χ0v) is 13.6. The molecule has 1 atom stereocenters. The molecule has 22 heavy (non-hydrogen) atoms. The van der Waals surface area contributed by atoms with Crippen LogP contribution in [0.15, 0.2) is 34.9 Å². The molecule has 0 saturated heterocycles. The summed E-state index contributed by atoms with van der Waals surface area (Å²) >= 11 is 0. The zero-order chi connectivity index (χ0) is 16.5. The topological polar surface area (TPSA) is 78.4 Å². The standard InChI is InChI=1S/C17H26N2O3/c1-4-5-6-9-18-11-12(2)7-8-14-10-15(17(21)22)16(20)19-13(14)3/h7-8,10,13,18H,4-6,9,11H2,1-3H3,(H,19,20)(H,21,22)/b12-7-,14-8-. The van der Waals surface area contributed by atoms with Gasteiger partial charge in [0.2, 0.25) is 0 Å². The van der Waals surface area contributed by atoms with E-state index in [0.717, 1.165) is 18.7 Å². The molecule has 5 nitrogen and oxygen atoms in total. The third-order valence-corrected chi connectivity index (χ3v) is 3.55. The molecule has 1 heterocycles. The fourth-order valence-electron chi connectivity index (χ4n) is 2.15. The fraction of sp³-hybridized carbons (Fsp3) is 0.529. The van der Waals surface area contributed by atoms with Gasteiger partial charge < -0.3 is 15.7 Å². The minimum absolute atomic E-state index is 0.183. The number of nitrogens with one attached hydrogen (secondary N) is 2. The Labute approximate surface area is 132 Å². The molecule has 1 rings (SSSR count). The van der Waals surface area contributed by atoms with Crippen molar-refractivity contribution in [2.45, 2.75) is 46.1 Å². The van der Waals surface area contributed by atoms with E-state index in [4.69, 9.17) is 5.11 Å². The van der Waals surface area contributed by atoms with Gasteiger partial charge >= 0.3 is 5.97 Å². The van der Waals surface area contributed by atoms with E-state index in [-0.39, 0.29) is 11.6 Å². The van der Waals surface area contributed by atoms with E-state index in [1.54, 1.807) is 0 Å². The molecule has 0 aliphatic carbocycles. The van der Waals surface area contributed by atoms with E-state index >= 15 is 0 Å². The van der Waals surface area contributed by atoms with E-state index in [0.29, 0.717) is 0 Å². The average molecular weight is 306 g/mol. The summed E-state index contributed by atoms with van der Waals surface area (Å²) in [5.41, 5.74) is 1.74. The Morgan fingerprint density at radius 3 is 2.82 bits per heavy atom. The van der Waals surface area contributed by atoms with Crippen molar-refractivity contribution in [1.29, 1.82) is 0 Å². The Morgan fingerprint density at radius 1 is 1.45 bits per heavy atom. The molecule has 1 unspecified atom stereocenters. The van der Waals surface area contributed by atoms with Crippen molar-refractivity contribution in [2.75, 3.05) is 13.1 Å². The van der Waals surface area contributed by atoms with Gasteiger partial charge in [0.05, 0.1) is 6.04 Å². The van der Waals surface area contributed by atoms with E-state index < -0.39 is 11.9 Å². The summed E-state index contributed by atoms with van der Waals surface area (Å²) in [5.74, 6) is -1.73. The molecule has 5 heteroatoms. The molecular weight excluding hydrogens is 280 g/mol. The van der Waals surface area contributed by atoms with E-state index in [9.17, 15) is 9.59 Å². The van der Waals surface area contributed by atoms with Crippen LogP contribution >= 0.6 is 0 Å². The van der Waals surface area contributed by atoms with Gasteiger partial charge in [0.25, 0.3) is 5.91 Å². The molecule has 0 aromatic carbocycles. The SMILES string of the molecule is CCCCCNC/C(C)=C\C=C1\C=C(C(=O)O)C(=O)NC1C. The van der Waals surface area contributed by atoms with Crippen LogP contribution in [0.25, 0.3) is 0 Å². The molecular formula is C17H26N2O3. The van der Waals surface area contributed by atoms with Crippen LogP contribution < -0.4 is 10.6 Å². The molecule has 122 valence electrons. The highest BCUT2D eigenvalue weighted by Gasteiger charge is 2.25. The Bertz CT molecular complexity index is 504. The van der Waals surface area contributed by atoms with Crippen LogP contribution in [0.3, 0.4) is 0 Å². The highest BCUT2D eigenvalue weighted by molar-refractivity contribution is 6.16. The molecule has 0 aromatic rings. The second kappa shape index (κ2) is 9.20. The predicted octanol–water partition coefficient (Wildman–Crippen LogP) is 2.17. The van der Waals surface area contributed by atoms with Crippen molar-refractivity contribution in [3.05, 3.63) is 34.9 Å². The molecule has 0 spiro atoms. The lowest BCUT2D eigenvalue weighted by molar-refractivity contribution is -0.135. The van der Waals surface area contributed by atoms with Gasteiger partial charge in [0.1, 0.15) is 5.57 Å². The summed E-state index contributed by atoms with van der Waals surface area (Å²) in [6.45, 7) is 7.86. The number of carbonyl (C=O) groups excluding carboxylic acids is 1. The molecule has 0 fully saturated rings. The lowest BCUT2D eigenvalue weighted by Crippen LogP contribution is -2.40. The maximum atomic E-state index is 11.5. The fourth-order valence-corrected chi connectivity index (χ4v) is 2.15. The van der Waals surface area contributed by atoms with Gasteiger partial charge in [-0.15, -0.1) is 0 Å². The summed E-state index contributed by atoms with van der Waals surface area (Å²) in [6, 6.07) is -0.183. The van der Waals surface area contributed by atoms with Crippen LogP contribution in [0.1, 0.15) is 40.0 Å². The van der Waals surface area contributed by atoms with Crippen LogP contribution in [0.5, 0.6) is 0 Å². The monoisotopic (exact) mass is 306 g/mol. The number of rotatable bonds is 8. The molecule has 0 radical (unpaired) electrons. The number of hydrogen-bond donors (Lipinski definition) is 3. The molecule has 0 saturated carbocycles. The van der Waals surface area contributed by atoms with Crippen LogP contribution in [0.4, 0.5) is 0 Å².